The van der Waals surface area contributed by atoms with E-state index in [2.05, 4.69) is 6.58 Å². The van der Waals surface area contributed by atoms with Crippen LogP contribution in [0.15, 0.2) is 54.1 Å². The van der Waals surface area contributed by atoms with Gasteiger partial charge in [0.15, 0.2) is 11.9 Å². The molecule has 9 nitrogen and oxygen atoms in total. The van der Waals surface area contributed by atoms with Gasteiger partial charge in [0, 0.05) is 24.2 Å². The van der Waals surface area contributed by atoms with E-state index < -0.39 is 76.7 Å². The number of hydrogen-bond acceptors (Lipinski definition) is 9. The molecular formula is C32H40O9. The van der Waals surface area contributed by atoms with E-state index >= 15 is 0 Å². The Hall–Kier alpha value is -2.56. The number of carbonyl (C=O) groups excluding carboxylic acids is 2. The van der Waals surface area contributed by atoms with E-state index in [0.717, 1.165) is 5.57 Å². The van der Waals surface area contributed by atoms with Gasteiger partial charge in [-0.1, -0.05) is 45.5 Å². The Kier molecular flexibility index (Phi) is 6.60. The molecule has 0 spiro atoms. The molecule has 1 aromatic rings. The maximum Gasteiger partial charge on any atom is 0.338 e. The Morgan fingerprint density at radius 1 is 1.15 bits per heavy atom. The van der Waals surface area contributed by atoms with Gasteiger partial charge in [0.2, 0.25) is 0 Å². The molecular weight excluding hydrogens is 528 g/mol. The lowest BCUT2D eigenvalue weighted by Gasteiger charge is -2.68. The predicted octanol–water partition coefficient (Wildman–Crippen LogP) is 3.48. The van der Waals surface area contributed by atoms with Crippen LogP contribution in [-0.2, 0) is 28.5 Å². The van der Waals surface area contributed by atoms with E-state index in [1.807, 2.05) is 27.7 Å². The predicted molar refractivity (Wildman–Crippen MR) is 146 cm³/mol. The van der Waals surface area contributed by atoms with Crippen LogP contribution in [0.3, 0.4) is 0 Å². The summed E-state index contributed by atoms with van der Waals surface area (Å²) in [6.45, 7) is 13.0. The summed E-state index contributed by atoms with van der Waals surface area (Å²) >= 11 is 0. The fourth-order valence-electron chi connectivity index (χ4n) is 8.64. The molecule has 2 saturated heterocycles. The maximum atomic E-state index is 13.8. The molecule has 2 saturated carbocycles. The SMILES string of the molecule is C=CC1O[C@@H]2C3=C(C)[C@@H](O)CC(O)([C@@H](OC(=O)c4ccccc4)[C@H]4[C@@](C)(CC[C@H]5OC[C@]54OC(C)=O)[C@@H]2O1)C3(C)C. The number of hydrogen-bond donors (Lipinski definition) is 2. The number of carbonyl (C=O) groups is 2. The number of aliphatic hydroxyl groups excluding tert-OH is 1. The molecule has 4 fully saturated rings. The smallest absolute Gasteiger partial charge is 0.338 e. The van der Waals surface area contributed by atoms with E-state index in [0.29, 0.717) is 24.0 Å². The van der Waals surface area contributed by atoms with Crippen molar-refractivity contribution < 1.29 is 43.5 Å². The van der Waals surface area contributed by atoms with Gasteiger partial charge in [-0.15, -0.1) is 0 Å². The molecule has 2 N–H and O–H groups in total. The average Bonchev–Trinajstić information content (AvgIpc) is 3.34. The Morgan fingerprint density at radius 2 is 1.85 bits per heavy atom. The summed E-state index contributed by atoms with van der Waals surface area (Å²) in [7, 11) is 0. The standard InChI is InChI=1S/C32H40O9/c1-7-22-38-24-23-17(2)20(34)15-32(36,29(23,4)5)27(40-28(35)19-11-9-8-10-12-19)25-30(6,26(24)39-22)14-13-21-31(25,16-37-21)41-18(3)33/h7-12,20-22,24-27,34,36H,1,13-16H2,2-6H3/t20-,21+,22?,24+,25-,26+,27-,30+,31-,32?/m0/s1. The fourth-order valence-corrected chi connectivity index (χ4v) is 8.64. The Balaban J connectivity index is 1.62. The van der Waals surface area contributed by atoms with Gasteiger partial charge in [0.25, 0.3) is 0 Å². The van der Waals surface area contributed by atoms with Crippen molar-refractivity contribution in [3.8, 4) is 0 Å². The third-order valence-corrected chi connectivity index (χ3v) is 10.7. The van der Waals surface area contributed by atoms with Crippen molar-refractivity contribution in [2.75, 3.05) is 6.61 Å². The molecule has 2 aliphatic heterocycles. The normalized spacial score (nSPS) is 44.2. The number of benzene rings is 1. The van der Waals surface area contributed by atoms with Crippen LogP contribution in [0.25, 0.3) is 0 Å². The van der Waals surface area contributed by atoms with Gasteiger partial charge < -0.3 is 33.9 Å². The second-order valence-corrected chi connectivity index (χ2v) is 13.1. The highest BCUT2D eigenvalue weighted by Crippen LogP contribution is 2.66. The Labute approximate surface area is 240 Å². The van der Waals surface area contributed by atoms with Crippen LogP contribution in [0.1, 0.15) is 64.2 Å². The van der Waals surface area contributed by atoms with Crippen molar-refractivity contribution in [2.24, 2.45) is 16.7 Å². The summed E-state index contributed by atoms with van der Waals surface area (Å²) < 4.78 is 31.6. The molecule has 6 rings (SSSR count). The van der Waals surface area contributed by atoms with Gasteiger partial charge in [-0.2, -0.15) is 0 Å². The molecule has 2 bridgehead atoms. The third-order valence-electron chi connectivity index (χ3n) is 10.7. The van der Waals surface area contributed by atoms with E-state index in [1.54, 1.807) is 36.4 Å². The zero-order valence-electron chi connectivity index (χ0n) is 24.3. The van der Waals surface area contributed by atoms with Crippen LogP contribution >= 0.6 is 0 Å². The minimum absolute atomic E-state index is 0.0839. The van der Waals surface area contributed by atoms with Gasteiger partial charge in [-0.05, 0) is 49.1 Å². The van der Waals surface area contributed by atoms with Crippen molar-refractivity contribution in [2.45, 2.75) is 102 Å². The lowest BCUT2D eigenvalue weighted by atomic mass is 9.45. The van der Waals surface area contributed by atoms with Gasteiger partial charge in [-0.3, -0.25) is 4.79 Å². The largest absolute Gasteiger partial charge is 0.455 e. The van der Waals surface area contributed by atoms with Crippen LogP contribution in [-0.4, -0.2) is 76.8 Å². The molecule has 2 unspecified atom stereocenters. The first-order valence-electron chi connectivity index (χ1n) is 14.4. The first kappa shape index (κ1) is 28.6. The molecule has 0 aromatic heterocycles. The summed E-state index contributed by atoms with van der Waals surface area (Å²) in [6, 6.07) is 8.60. The van der Waals surface area contributed by atoms with E-state index in [1.165, 1.54) is 6.92 Å². The third kappa shape index (κ3) is 3.86. The highest BCUT2D eigenvalue weighted by Gasteiger charge is 2.76. The molecule has 2 heterocycles. The van der Waals surface area contributed by atoms with Crippen molar-refractivity contribution in [3.05, 3.63) is 59.7 Å². The minimum Gasteiger partial charge on any atom is -0.455 e. The number of rotatable bonds is 4. The molecule has 10 atom stereocenters. The van der Waals surface area contributed by atoms with Gasteiger partial charge in [0.1, 0.15) is 23.9 Å². The molecule has 0 radical (unpaired) electrons. The second kappa shape index (κ2) is 9.47. The first-order valence-corrected chi connectivity index (χ1v) is 14.4. The molecule has 222 valence electrons. The molecule has 1 aromatic carbocycles. The van der Waals surface area contributed by atoms with Crippen LogP contribution in [0, 0.1) is 16.7 Å². The van der Waals surface area contributed by atoms with Crippen molar-refractivity contribution in [1.29, 1.82) is 0 Å². The first-order chi connectivity index (χ1) is 19.3. The monoisotopic (exact) mass is 568 g/mol. The van der Waals surface area contributed by atoms with E-state index in [9.17, 15) is 19.8 Å². The van der Waals surface area contributed by atoms with E-state index in [4.69, 9.17) is 23.7 Å². The van der Waals surface area contributed by atoms with Crippen LogP contribution < -0.4 is 0 Å². The Morgan fingerprint density at radius 3 is 2.46 bits per heavy atom. The van der Waals surface area contributed by atoms with Crippen LogP contribution in [0.2, 0.25) is 0 Å². The zero-order valence-corrected chi connectivity index (χ0v) is 24.3. The highest BCUT2D eigenvalue weighted by molar-refractivity contribution is 5.89. The minimum atomic E-state index is -1.77. The van der Waals surface area contributed by atoms with Crippen LogP contribution in [0.5, 0.6) is 0 Å². The van der Waals surface area contributed by atoms with E-state index in [-0.39, 0.29) is 13.0 Å². The fraction of sp³-hybridized carbons (Fsp3) is 0.625. The van der Waals surface area contributed by atoms with Crippen molar-refractivity contribution in [3.63, 3.8) is 0 Å². The maximum absolute atomic E-state index is 13.8. The summed E-state index contributed by atoms with van der Waals surface area (Å²) in [5, 5.41) is 24.4. The molecule has 5 aliphatic rings. The lowest BCUT2D eigenvalue weighted by molar-refractivity contribution is -0.345. The highest BCUT2D eigenvalue weighted by atomic mass is 16.7. The zero-order chi connectivity index (χ0) is 29.5. The lowest BCUT2D eigenvalue weighted by Crippen LogP contribution is -2.79. The van der Waals surface area contributed by atoms with Crippen molar-refractivity contribution in [1.82, 2.24) is 0 Å². The summed E-state index contributed by atoms with van der Waals surface area (Å²) in [4.78, 5) is 26.5. The van der Waals surface area contributed by atoms with Gasteiger partial charge >= 0.3 is 11.9 Å². The molecule has 9 heteroatoms. The molecule has 3 aliphatic carbocycles. The quantitative estimate of drug-likeness (QED) is 0.415. The number of aliphatic hydroxyl groups is 2. The molecule has 41 heavy (non-hydrogen) atoms. The van der Waals surface area contributed by atoms with Crippen LogP contribution in [0.4, 0.5) is 0 Å². The number of ether oxygens (including phenoxy) is 5. The van der Waals surface area contributed by atoms with Gasteiger partial charge in [-0.25, -0.2) is 4.79 Å². The Bertz CT molecular complexity index is 1290. The number of esters is 2. The number of fused-ring (bicyclic) bond motifs is 8. The summed E-state index contributed by atoms with van der Waals surface area (Å²) in [5.41, 5.74) is -3.07. The molecule has 0 amide bonds. The summed E-state index contributed by atoms with van der Waals surface area (Å²) in [5.74, 6) is -1.86. The van der Waals surface area contributed by atoms with Crippen molar-refractivity contribution >= 4 is 11.9 Å². The van der Waals surface area contributed by atoms with Gasteiger partial charge in [0.05, 0.1) is 30.3 Å². The topological polar surface area (TPSA) is 121 Å². The summed E-state index contributed by atoms with van der Waals surface area (Å²) in [6.07, 6.45) is -1.96. The second-order valence-electron chi connectivity index (χ2n) is 13.1. The average molecular weight is 569 g/mol.